The highest BCUT2D eigenvalue weighted by molar-refractivity contribution is 5.94. The number of aryl methyl sites for hydroxylation is 1. The van der Waals surface area contributed by atoms with E-state index in [1.54, 1.807) is 18.2 Å². The largest absolute Gasteiger partial charge is 0.508 e. The molecule has 4 aromatic rings. The summed E-state index contributed by atoms with van der Waals surface area (Å²) < 4.78 is 6.41. The van der Waals surface area contributed by atoms with E-state index in [-0.39, 0.29) is 5.75 Å². The topological polar surface area (TPSA) is 66.1 Å². The number of aromatic nitrogens is 1. The van der Waals surface area contributed by atoms with Crippen molar-refractivity contribution in [1.82, 2.24) is 4.98 Å². The summed E-state index contributed by atoms with van der Waals surface area (Å²) >= 11 is 0. The maximum Gasteiger partial charge on any atom is 0.146 e. The summed E-state index contributed by atoms with van der Waals surface area (Å²) in [6, 6.07) is 24.8. The van der Waals surface area contributed by atoms with Crippen molar-refractivity contribution < 1.29 is 9.84 Å². The molecule has 0 spiro atoms. The SMILES string of the molecule is CCc1nc2cc(O)ccc2c(Oc2ccc(/C=C/C#N)cc2)c1-c1ccccc1. The van der Waals surface area contributed by atoms with E-state index in [9.17, 15) is 5.11 Å². The third-order valence-electron chi connectivity index (χ3n) is 4.84. The summed E-state index contributed by atoms with van der Waals surface area (Å²) in [5, 5.41) is 19.5. The Labute approximate surface area is 175 Å². The van der Waals surface area contributed by atoms with E-state index in [0.29, 0.717) is 17.0 Å². The van der Waals surface area contributed by atoms with Gasteiger partial charge in [-0.2, -0.15) is 5.26 Å². The zero-order valence-corrected chi connectivity index (χ0v) is 16.5. The lowest BCUT2D eigenvalue weighted by Gasteiger charge is -2.18. The van der Waals surface area contributed by atoms with Gasteiger partial charge in [-0.05, 0) is 47.9 Å². The Kier molecular flexibility index (Phi) is 5.45. The molecule has 1 aromatic heterocycles. The fourth-order valence-electron chi connectivity index (χ4n) is 3.43. The molecule has 0 aliphatic heterocycles. The van der Waals surface area contributed by atoms with E-state index in [0.717, 1.165) is 34.2 Å². The molecule has 0 bridgehead atoms. The molecule has 0 aliphatic carbocycles. The lowest BCUT2D eigenvalue weighted by atomic mass is 9.98. The predicted octanol–water partition coefficient (Wildman–Crippen LogP) is 6.50. The number of aromatic hydroxyl groups is 1. The summed E-state index contributed by atoms with van der Waals surface area (Å²) in [5.74, 6) is 1.57. The molecule has 1 N–H and O–H groups in total. The Bertz CT molecular complexity index is 1250. The van der Waals surface area contributed by atoms with Gasteiger partial charge in [-0.15, -0.1) is 0 Å². The van der Waals surface area contributed by atoms with Gasteiger partial charge in [-0.3, -0.25) is 4.98 Å². The lowest BCUT2D eigenvalue weighted by Crippen LogP contribution is -1.99. The van der Waals surface area contributed by atoms with E-state index in [1.807, 2.05) is 66.7 Å². The van der Waals surface area contributed by atoms with E-state index < -0.39 is 0 Å². The third-order valence-corrected chi connectivity index (χ3v) is 4.84. The highest BCUT2D eigenvalue weighted by atomic mass is 16.5. The Morgan fingerprint density at radius 2 is 1.80 bits per heavy atom. The smallest absolute Gasteiger partial charge is 0.146 e. The number of rotatable bonds is 5. The fraction of sp³-hybridized carbons (Fsp3) is 0.0769. The van der Waals surface area contributed by atoms with Crippen molar-refractivity contribution in [2.75, 3.05) is 0 Å². The number of hydrogen-bond donors (Lipinski definition) is 1. The number of phenolic OH excluding ortho intramolecular Hbond substituents is 1. The molecule has 0 fully saturated rings. The number of ether oxygens (including phenoxy) is 1. The number of fused-ring (bicyclic) bond motifs is 1. The number of nitriles is 1. The summed E-state index contributed by atoms with van der Waals surface area (Å²) in [5.41, 5.74) is 4.49. The number of pyridine rings is 1. The van der Waals surface area contributed by atoms with Crippen molar-refractivity contribution in [3.05, 3.63) is 90.1 Å². The first-order valence-electron chi connectivity index (χ1n) is 9.74. The van der Waals surface area contributed by atoms with Crippen LogP contribution < -0.4 is 4.74 Å². The van der Waals surface area contributed by atoms with Gasteiger partial charge in [-0.25, -0.2) is 0 Å². The van der Waals surface area contributed by atoms with E-state index in [4.69, 9.17) is 15.0 Å². The molecule has 4 nitrogen and oxygen atoms in total. The van der Waals surface area contributed by atoms with Gasteiger partial charge in [0.25, 0.3) is 0 Å². The van der Waals surface area contributed by atoms with Crippen molar-refractivity contribution >= 4 is 17.0 Å². The monoisotopic (exact) mass is 392 g/mol. The normalized spacial score (nSPS) is 10.9. The van der Waals surface area contributed by atoms with Crippen molar-refractivity contribution in [2.24, 2.45) is 0 Å². The molecule has 0 saturated carbocycles. The molecule has 3 aromatic carbocycles. The Morgan fingerprint density at radius 1 is 1.03 bits per heavy atom. The van der Waals surface area contributed by atoms with Gasteiger partial charge in [-0.1, -0.05) is 49.4 Å². The van der Waals surface area contributed by atoms with Crippen LogP contribution in [0.1, 0.15) is 18.2 Å². The molecule has 0 aliphatic rings. The van der Waals surface area contributed by atoms with Gasteiger partial charge in [0.15, 0.2) is 0 Å². The second-order valence-corrected chi connectivity index (χ2v) is 6.82. The Balaban J connectivity index is 1.90. The van der Waals surface area contributed by atoms with Crippen LogP contribution in [0.5, 0.6) is 17.2 Å². The Morgan fingerprint density at radius 3 is 2.50 bits per heavy atom. The molecule has 146 valence electrons. The summed E-state index contributed by atoms with van der Waals surface area (Å²) in [6.45, 7) is 2.06. The van der Waals surface area contributed by atoms with Gasteiger partial charge >= 0.3 is 0 Å². The van der Waals surface area contributed by atoms with Crippen LogP contribution in [0.25, 0.3) is 28.1 Å². The van der Waals surface area contributed by atoms with Gasteiger partial charge in [0.05, 0.1) is 17.3 Å². The highest BCUT2D eigenvalue weighted by Gasteiger charge is 2.18. The van der Waals surface area contributed by atoms with Gasteiger partial charge in [0.1, 0.15) is 17.2 Å². The molecule has 4 rings (SSSR count). The average molecular weight is 392 g/mol. The van der Waals surface area contributed by atoms with Crippen molar-refractivity contribution in [2.45, 2.75) is 13.3 Å². The third kappa shape index (κ3) is 3.87. The van der Waals surface area contributed by atoms with Crippen molar-refractivity contribution in [3.63, 3.8) is 0 Å². The van der Waals surface area contributed by atoms with Crippen LogP contribution in [0.3, 0.4) is 0 Å². The molecular formula is C26H20N2O2. The quantitative estimate of drug-likeness (QED) is 0.394. The van der Waals surface area contributed by atoms with Gasteiger partial charge in [0.2, 0.25) is 0 Å². The molecule has 0 unspecified atom stereocenters. The van der Waals surface area contributed by atoms with Crippen LogP contribution in [0.2, 0.25) is 0 Å². The molecule has 4 heteroatoms. The molecule has 0 atom stereocenters. The molecule has 1 heterocycles. The van der Waals surface area contributed by atoms with Crippen LogP contribution in [0, 0.1) is 11.3 Å². The standard InChI is InChI=1S/C26H20N2O2/c1-2-23-25(19-8-4-3-5-9-19)26(22-15-12-20(29)17-24(22)28-23)30-21-13-10-18(11-14-21)7-6-16-27/h3-15,17,29H,2H2,1H3/b7-6+. The van der Waals surface area contributed by atoms with Crippen LogP contribution in [0.4, 0.5) is 0 Å². The lowest BCUT2D eigenvalue weighted by molar-refractivity contribution is 0.475. The van der Waals surface area contributed by atoms with Crippen LogP contribution in [-0.4, -0.2) is 10.1 Å². The van der Waals surface area contributed by atoms with Gasteiger partial charge < -0.3 is 9.84 Å². The first-order chi connectivity index (χ1) is 14.7. The van der Waals surface area contributed by atoms with Crippen LogP contribution >= 0.6 is 0 Å². The van der Waals surface area contributed by atoms with Gasteiger partial charge in [0, 0.05) is 23.1 Å². The van der Waals surface area contributed by atoms with E-state index in [2.05, 4.69) is 6.92 Å². The highest BCUT2D eigenvalue weighted by Crippen LogP contribution is 2.41. The summed E-state index contributed by atoms with van der Waals surface area (Å²) in [7, 11) is 0. The molecule has 0 amide bonds. The van der Waals surface area contributed by atoms with Crippen molar-refractivity contribution in [1.29, 1.82) is 5.26 Å². The summed E-state index contributed by atoms with van der Waals surface area (Å²) in [4.78, 5) is 4.80. The zero-order valence-electron chi connectivity index (χ0n) is 16.5. The molecular weight excluding hydrogens is 372 g/mol. The minimum absolute atomic E-state index is 0.170. The number of phenols is 1. The van der Waals surface area contributed by atoms with Crippen molar-refractivity contribution in [3.8, 4) is 34.4 Å². The zero-order chi connectivity index (χ0) is 20.9. The average Bonchev–Trinajstić information content (AvgIpc) is 2.78. The van der Waals surface area contributed by atoms with Crippen LogP contribution in [-0.2, 0) is 6.42 Å². The second-order valence-electron chi connectivity index (χ2n) is 6.82. The molecule has 0 saturated heterocycles. The minimum atomic E-state index is 0.170. The number of allylic oxidation sites excluding steroid dienone is 1. The number of nitrogens with zero attached hydrogens (tertiary/aromatic N) is 2. The van der Waals surface area contributed by atoms with E-state index in [1.165, 1.54) is 6.08 Å². The molecule has 0 radical (unpaired) electrons. The Hall–Kier alpha value is -4.10. The fourth-order valence-corrected chi connectivity index (χ4v) is 3.43. The number of hydrogen-bond acceptors (Lipinski definition) is 4. The van der Waals surface area contributed by atoms with Crippen LogP contribution in [0.15, 0.2) is 78.9 Å². The van der Waals surface area contributed by atoms with E-state index >= 15 is 0 Å². The first kappa shape index (κ1) is 19.2. The summed E-state index contributed by atoms with van der Waals surface area (Å²) in [6.07, 6.45) is 3.92. The number of benzene rings is 3. The molecule has 30 heavy (non-hydrogen) atoms. The maximum absolute atomic E-state index is 9.95. The first-order valence-corrected chi connectivity index (χ1v) is 9.74. The second kappa shape index (κ2) is 8.50. The maximum atomic E-state index is 9.95. The predicted molar refractivity (Wildman–Crippen MR) is 119 cm³/mol. The minimum Gasteiger partial charge on any atom is -0.508 e.